The number of carbonyl (C=O) groups excluding carboxylic acids is 4. The highest BCUT2D eigenvalue weighted by Gasteiger charge is 2.62. The minimum Gasteiger partial charge on any atom is -0.390 e. The smallest absolute Gasteiger partial charge is 0.262 e. The van der Waals surface area contributed by atoms with Crippen molar-refractivity contribution >= 4 is 50.7 Å². The van der Waals surface area contributed by atoms with Crippen LogP contribution in [0.1, 0.15) is 84.1 Å². The van der Waals surface area contributed by atoms with E-state index < -0.39 is 62.6 Å². The molecule has 14 heteroatoms. The molecule has 1 saturated heterocycles. The van der Waals surface area contributed by atoms with Crippen molar-refractivity contribution in [2.75, 3.05) is 6.54 Å². The Kier molecular flexibility index (Phi) is 9.67. The molecule has 3 aliphatic carbocycles. The molecule has 5 aliphatic rings. The lowest BCUT2D eigenvalue weighted by molar-refractivity contribution is -0.141. The largest absolute Gasteiger partial charge is 0.390 e. The Bertz CT molecular complexity index is 2130. The van der Waals surface area contributed by atoms with Gasteiger partial charge in [-0.2, -0.15) is 0 Å². The van der Waals surface area contributed by atoms with Gasteiger partial charge >= 0.3 is 0 Å². The maximum Gasteiger partial charge on any atom is 0.262 e. The summed E-state index contributed by atoms with van der Waals surface area (Å²) in [5.74, 6) is -2.56. The quantitative estimate of drug-likeness (QED) is 0.183. The first-order valence-corrected chi connectivity index (χ1v) is 21.1. The maximum absolute atomic E-state index is 14.6. The SMILES string of the molecule is Cc1ccsc1C(=O)N[C@H]1CCCCC/C=C\C2CC2(C(=O)NS(=O)(=O)C2CC2)NC(=O)[C@@H]2C[C@@H](ON=C3c4ccccc4-c4ccccc43)CN2C1=O. The predicted molar refractivity (Wildman–Crippen MR) is 204 cm³/mol. The number of nitrogens with zero attached hydrogens (tertiary/aromatic N) is 2. The van der Waals surface area contributed by atoms with Crippen molar-refractivity contribution in [2.45, 2.75) is 93.7 Å². The Morgan fingerprint density at radius 3 is 2.33 bits per heavy atom. The first-order valence-electron chi connectivity index (χ1n) is 18.7. The Labute approximate surface area is 318 Å². The number of hydrogen-bond donors (Lipinski definition) is 3. The number of sulfonamides is 1. The van der Waals surface area contributed by atoms with E-state index in [0.29, 0.717) is 42.7 Å². The summed E-state index contributed by atoms with van der Waals surface area (Å²) in [6, 6.07) is 15.7. The summed E-state index contributed by atoms with van der Waals surface area (Å²) in [4.78, 5) is 64.3. The minimum absolute atomic E-state index is 0.0139. The first-order chi connectivity index (χ1) is 26.1. The second-order valence-electron chi connectivity index (χ2n) is 15.0. The van der Waals surface area contributed by atoms with Gasteiger partial charge in [0.2, 0.25) is 21.8 Å². The molecule has 2 aromatic carbocycles. The van der Waals surface area contributed by atoms with E-state index in [0.717, 1.165) is 40.7 Å². The molecule has 5 atom stereocenters. The van der Waals surface area contributed by atoms with E-state index in [9.17, 15) is 27.6 Å². The van der Waals surface area contributed by atoms with Crippen LogP contribution in [0.3, 0.4) is 0 Å². The van der Waals surface area contributed by atoms with Gasteiger partial charge in [0.15, 0.2) is 0 Å². The van der Waals surface area contributed by atoms with Gasteiger partial charge in [-0.25, -0.2) is 8.42 Å². The van der Waals surface area contributed by atoms with Gasteiger partial charge in [0.1, 0.15) is 29.4 Å². The number of amides is 4. The fraction of sp³-hybridized carbons (Fsp3) is 0.425. The number of nitrogens with one attached hydrogen (secondary N) is 3. The molecule has 1 aromatic heterocycles. The van der Waals surface area contributed by atoms with Crippen LogP contribution in [0.4, 0.5) is 0 Å². The molecule has 3 aromatic rings. The summed E-state index contributed by atoms with van der Waals surface area (Å²) in [7, 11) is -3.88. The third-order valence-corrected chi connectivity index (χ3v) is 14.0. The molecule has 0 radical (unpaired) electrons. The molecule has 4 amide bonds. The van der Waals surface area contributed by atoms with Crippen LogP contribution in [0.2, 0.25) is 0 Å². The Hall–Kier alpha value is -4.82. The summed E-state index contributed by atoms with van der Waals surface area (Å²) in [6.45, 7) is 1.86. The van der Waals surface area contributed by atoms with Crippen LogP contribution < -0.4 is 15.4 Å². The summed E-state index contributed by atoms with van der Waals surface area (Å²) >= 11 is 1.30. The number of thiophene rings is 1. The maximum atomic E-state index is 14.6. The van der Waals surface area contributed by atoms with Gasteiger partial charge in [-0.15, -0.1) is 11.3 Å². The van der Waals surface area contributed by atoms with Crippen LogP contribution in [-0.4, -0.2) is 78.2 Å². The van der Waals surface area contributed by atoms with Crippen LogP contribution in [-0.2, 0) is 29.2 Å². The van der Waals surface area contributed by atoms with Crippen LogP contribution in [0.15, 0.2) is 77.3 Å². The zero-order valence-electron chi connectivity index (χ0n) is 30.0. The van der Waals surface area contributed by atoms with E-state index >= 15 is 0 Å². The lowest BCUT2D eigenvalue weighted by Crippen LogP contribution is -2.58. The molecule has 3 N–H and O–H groups in total. The molecule has 2 saturated carbocycles. The van der Waals surface area contributed by atoms with Gasteiger partial charge < -0.3 is 20.4 Å². The lowest BCUT2D eigenvalue weighted by Gasteiger charge is -2.29. The number of carbonyl (C=O) groups is 4. The van der Waals surface area contributed by atoms with Crippen LogP contribution >= 0.6 is 11.3 Å². The average Bonchev–Trinajstić information content (AvgIpc) is 4.01. The lowest BCUT2D eigenvalue weighted by atomic mass is 10.0. The number of allylic oxidation sites excluding steroid dienone is 1. The molecule has 282 valence electrons. The van der Waals surface area contributed by atoms with Crippen molar-refractivity contribution in [3.8, 4) is 11.1 Å². The third-order valence-electron chi connectivity index (χ3n) is 11.2. The molecule has 54 heavy (non-hydrogen) atoms. The number of rotatable bonds is 7. The van der Waals surface area contributed by atoms with Crippen molar-refractivity contribution in [1.29, 1.82) is 0 Å². The van der Waals surface area contributed by atoms with E-state index in [-0.39, 0.29) is 25.3 Å². The molecule has 2 unspecified atom stereocenters. The van der Waals surface area contributed by atoms with Crippen molar-refractivity contribution in [3.63, 3.8) is 0 Å². The fourth-order valence-electron chi connectivity index (χ4n) is 7.89. The summed E-state index contributed by atoms with van der Waals surface area (Å²) in [6.07, 6.45) is 7.79. The molecule has 3 fully saturated rings. The first kappa shape index (κ1) is 36.2. The van der Waals surface area contributed by atoms with E-state index in [1.54, 1.807) is 0 Å². The second kappa shape index (κ2) is 14.4. The van der Waals surface area contributed by atoms with Crippen molar-refractivity contribution in [1.82, 2.24) is 20.3 Å². The van der Waals surface area contributed by atoms with Gasteiger partial charge in [0, 0.05) is 23.5 Å². The Balaban J connectivity index is 1.10. The normalized spacial score (nSPS) is 27.2. The monoisotopic (exact) mass is 769 g/mol. The Morgan fingerprint density at radius 1 is 0.963 bits per heavy atom. The van der Waals surface area contributed by atoms with Gasteiger partial charge in [0.05, 0.1) is 16.7 Å². The molecule has 2 aliphatic heterocycles. The number of fused-ring (bicyclic) bond motifs is 5. The van der Waals surface area contributed by atoms with Gasteiger partial charge in [-0.05, 0) is 73.6 Å². The van der Waals surface area contributed by atoms with Crippen LogP contribution in [0.5, 0.6) is 0 Å². The molecule has 12 nitrogen and oxygen atoms in total. The highest BCUT2D eigenvalue weighted by Crippen LogP contribution is 2.46. The van der Waals surface area contributed by atoms with E-state index in [4.69, 9.17) is 4.84 Å². The topological polar surface area (TPSA) is 163 Å². The number of aryl methyl sites for hydroxylation is 1. The highest BCUT2D eigenvalue weighted by atomic mass is 32.2. The molecular weight excluding hydrogens is 727 g/mol. The summed E-state index contributed by atoms with van der Waals surface area (Å²) in [5.41, 5.74) is 3.86. The van der Waals surface area contributed by atoms with E-state index in [2.05, 4.69) is 20.5 Å². The molecule has 3 heterocycles. The van der Waals surface area contributed by atoms with Crippen LogP contribution in [0.25, 0.3) is 11.1 Å². The van der Waals surface area contributed by atoms with Gasteiger partial charge in [-0.1, -0.05) is 78.7 Å². The number of benzene rings is 2. The fourth-order valence-corrected chi connectivity index (χ4v) is 10.1. The van der Waals surface area contributed by atoms with Crippen molar-refractivity contribution in [3.05, 3.63) is 93.7 Å². The third kappa shape index (κ3) is 6.97. The van der Waals surface area contributed by atoms with Gasteiger partial charge in [-0.3, -0.25) is 23.9 Å². The minimum atomic E-state index is -3.88. The molecular formula is C40H43N5O7S2. The zero-order valence-corrected chi connectivity index (χ0v) is 31.6. The number of oxime groups is 1. The molecule has 0 bridgehead atoms. The van der Waals surface area contributed by atoms with E-state index in [1.807, 2.05) is 79.1 Å². The molecule has 0 spiro atoms. The van der Waals surface area contributed by atoms with Gasteiger partial charge in [0.25, 0.3) is 11.8 Å². The molecule has 8 rings (SSSR count). The standard InChI is InChI=1S/C40H43N5O7S2/c1-24-19-20-53-35(24)37(47)41-32-16-6-4-2-3-5-11-25-22-40(25,39(49)44-54(50,51)27-17-18-27)42-36(46)33-21-26(23-45(33)38(32)48)52-43-34-30-14-9-7-12-28(30)29-13-8-10-15-31(29)34/h5,7-15,19-20,25-27,32-33H,2-4,6,16-18,21-23H2,1H3,(H,41,47)(H,42,46)(H,44,49)/b11-5-/t25?,26-,32+,33+,40?/m1/s1. The average molecular weight is 770 g/mol. The zero-order chi connectivity index (χ0) is 37.6. The number of hydrogen-bond acceptors (Lipinski definition) is 9. The Morgan fingerprint density at radius 2 is 1.67 bits per heavy atom. The van der Waals surface area contributed by atoms with Crippen molar-refractivity contribution < 1.29 is 32.4 Å². The van der Waals surface area contributed by atoms with E-state index in [1.165, 1.54) is 16.2 Å². The highest BCUT2D eigenvalue weighted by molar-refractivity contribution is 7.91. The van der Waals surface area contributed by atoms with Crippen molar-refractivity contribution in [2.24, 2.45) is 11.1 Å². The summed E-state index contributed by atoms with van der Waals surface area (Å²) in [5, 5.41) is 11.7. The predicted octanol–water partition coefficient (Wildman–Crippen LogP) is 4.58. The second-order valence-corrected chi connectivity index (χ2v) is 17.8. The van der Waals surface area contributed by atoms with Crippen LogP contribution in [0, 0.1) is 12.8 Å². The summed E-state index contributed by atoms with van der Waals surface area (Å²) < 4.78 is 27.9.